The van der Waals surface area contributed by atoms with Crippen molar-refractivity contribution in [2.75, 3.05) is 70.4 Å². The molecular formula is C36H59ClN8O6. The highest BCUT2D eigenvalue weighted by molar-refractivity contribution is 6.31. The number of aryl methyl sites for hydroxylation is 1. The molecule has 0 radical (unpaired) electrons. The maximum atomic E-state index is 13.2. The Hall–Kier alpha value is -3.11. The number of nitrogens with one attached hydrogen (secondary N) is 2. The summed E-state index contributed by atoms with van der Waals surface area (Å²) in [6.07, 6.45) is 2.81. The number of aliphatic hydroxyl groups excluding tert-OH is 4. The van der Waals surface area contributed by atoms with Crippen molar-refractivity contribution in [2.45, 2.75) is 83.5 Å². The van der Waals surface area contributed by atoms with Crippen molar-refractivity contribution in [1.29, 1.82) is 0 Å². The molecule has 2 aromatic rings. The van der Waals surface area contributed by atoms with Crippen LogP contribution in [-0.4, -0.2) is 129 Å². The highest BCUT2D eigenvalue weighted by atomic mass is 35.5. The zero-order valence-electron chi connectivity index (χ0n) is 30.1. The molecular weight excluding hydrogens is 676 g/mol. The number of likely N-dealkylation sites (tertiary alicyclic amines) is 1. The van der Waals surface area contributed by atoms with Gasteiger partial charge in [-0.25, -0.2) is 9.97 Å². The van der Waals surface area contributed by atoms with Crippen molar-refractivity contribution in [2.24, 2.45) is 11.8 Å². The molecule has 51 heavy (non-hydrogen) atoms. The van der Waals surface area contributed by atoms with Crippen LogP contribution in [0.2, 0.25) is 5.15 Å². The number of anilines is 2. The maximum absolute atomic E-state index is 13.2. The Kier molecular flexibility index (Phi) is 18.3. The molecule has 15 heteroatoms. The van der Waals surface area contributed by atoms with E-state index in [2.05, 4.69) is 46.6 Å². The predicted molar refractivity (Wildman–Crippen MR) is 199 cm³/mol. The third kappa shape index (κ3) is 14.1. The van der Waals surface area contributed by atoms with E-state index in [1.807, 2.05) is 21.9 Å². The van der Waals surface area contributed by atoms with Crippen molar-refractivity contribution >= 4 is 35.1 Å². The van der Waals surface area contributed by atoms with Gasteiger partial charge in [-0.1, -0.05) is 62.1 Å². The lowest BCUT2D eigenvalue weighted by Gasteiger charge is -2.33. The fourth-order valence-electron chi connectivity index (χ4n) is 6.38. The number of hydrogen-bond donors (Lipinski definition) is 8. The third-order valence-corrected chi connectivity index (χ3v) is 9.94. The number of hydrogen-bond acceptors (Lipinski definition) is 12. The highest BCUT2D eigenvalue weighted by Crippen LogP contribution is 2.20. The van der Waals surface area contributed by atoms with E-state index in [1.165, 1.54) is 11.1 Å². The minimum atomic E-state index is -1.46. The quantitative estimate of drug-likeness (QED) is 0.0804. The third-order valence-electron chi connectivity index (χ3n) is 9.66. The molecule has 1 aliphatic heterocycles. The van der Waals surface area contributed by atoms with E-state index in [-0.39, 0.29) is 40.9 Å². The maximum Gasteiger partial charge on any atom is 0.273 e. The van der Waals surface area contributed by atoms with Crippen LogP contribution in [-0.2, 0) is 11.2 Å². The lowest BCUT2D eigenvalue weighted by atomic mass is 9.94. The van der Waals surface area contributed by atoms with E-state index in [0.29, 0.717) is 51.6 Å². The molecule has 1 saturated heterocycles. The number of unbranched alkanes of at least 4 members (excludes halogenated alkanes) is 3. The molecule has 4 atom stereocenters. The molecule has 10 N–H and O–H groups in total. The van der Waals surface area contributed by atoms with Gasteiger partial charge in [0.05, 0.1) is 12.7 Å². The van der Waals surface area contributed by atoms with Crippen LogP contribution in [0.25, 0.3) is 0 Å². The second kappa shape index (κ2) is 22.1. The van der Waals surface area contributed by atoms with Crippen LogP contribution in [0.15, 0.2) is 24.3 Å². The van der Waals surface area contributed by atoms with E-state index >= 15 is 0 Å². The second-order valence-corrected chi connectivity index (χ2v) is 14.1. The van der Waals surface area contributed by atoms with Crippen LogP contribution in [0.4, 0.5) is 11.6 Å². The minimum absolute atomic E-state index is 0.0342. The van der Waals surface area contributed by atoms with Crippen molar-refractivity contribution < 1.29 is 30.0 Å². The lowest BCUT2D eigenvalue weighted by molar-refractivity contribution is -0.133. The van der Waals surface area contributed by atoms with Crippen molar-refractivity contribution in [3.05, 3.63) is 46.2 Å². The molecule has 0 saturated carbocycles. The first-order valence-electron chi connectivity index (χ1n) is 18.2. The van der Waals surface area contributed by atoms with E-state index in [1.54, 1.807) is 0 Å². The van der Waals surface area contributed by atoms with Gasteiger partial charge >= 0.3 is 0 Å². The van der Waals surface area contributed by atoms with Crippen LogP contribution in [0.3, 0.4) is 0 Å². The average molecular weight is 735 g/mol. The van der Waals surface area contributed by atoms with Crippen LogP contribution in [0, 0.1) is 18.8 Å². The molecule has 14 nitrogen and oxygen atoms in total. The summed E-state index contributed by atoms with van der Waals surface area (Å²) in [5, 5.41) is 46.0. The van der Waals surface area contributed by atoms with Gasteiger partial charge in [-0.15, -0.1) is 0 Å². The Morgan fingerprint density at radius 2 is 1.75 bits per heavy atom. The SMILES string of the molecule is CCCCCCN(CCC(=O)N1CCC(CNCC(CNC(=O)c2nc(Cl)c(N)nc2N)Cc2ccccc2C)CC1)CC(O)C(O)C(O)CO. The summed E-state index contributed by atoms with van der Waals surface area (Å²) >= 11 is 5.98. The molecule has 3 rings (SSSR count). The van der Waals surface area contributed by atoms with Gasteiger partial charge in [-0.3, -0.25) is 9.59 Å². The number of amides is 2. The lowest BCUT2D eigenvalue weighted by Crippen LogP contribution is -2.47. The molecule has 0 bridgehead atoms. The van der Waals surface area contributed by atoms with Gasteiger partial charge in [0.15, 0.2) is 22.5 Å². The van der Waals surface area contributed by atoms with Gasteiger partial charge in [0.1, 0.15) is 12.2 Å². The smallest absolute Gasteiger partial charge is 0.273 e. The highest BCUT2D eigenvalue weighted by Gasteiger charge is 2.28. The molecule has 0 spiro atoms. The van der Waals surface area contributed by atoms with Gasteiger partial charge in [0, 0.05) is 39.1 Å². The first-order chi connectivity index (χ1) is 24.4. The molecule has 1 fully saturated rings. The zero-order valence-corrected chi connectivity index (χ0v) is 30.9. The van der Waals surface area contributed by atoms with E-state index in [0.717, 1.165) is 51.5 Å². The average Bonchev–Trinajstić information content (AvgIpc) is 3.12. The van der Waals surface area contributed by atoms with Crippen LogP contribution in [0.5, 0.6) is 0 Å². The van der Waals surface area contributed by atoms with Crippen LogP contribution >= 0.6 is 11.6 Å². The van der Waals surface area contributed by atoms with Crippen LogP contribution in [0.1, 0.15) is 73.5 Å². The van der Waals surface area contributed by atoms with Crippen molar-refractivity contribution in [1.82, 2.24) is 30.4 Å². The Bertz CT molecular complexity index is 1360. The molecule has 0 aliphatic carbocycles. The summed E-state index contributed by atoms with van der Waals surface area (Å²) in [5.74, 6) is -0.0463. The number of carbonyl (C=O) groups excluding carboxylic acids is 2. The largest absolute Gasteiger partial charge is 0.394 e. The molecule has 1 aliphatic rings. The number of nitrogens with zero attached hydrogens (tertiary/aromatic N) is 4. The second-order valence-electron chi connectivity index (χ2n) is 13.7. The van der Waals surface area contributed by atoms with E-state index in [9.17, 15) is 24.9 Å². The Labute approximate surface area is 307 Å². The summed E-state index contributed by atoms with van der Waals surface area (Å²) < 4.78 is 0. The molecule has 1 aromatic carbocycles. The normalized spacial score (nSPS) is 16.2. The Morgan fingerprint density at radius 1 is 1.02 bits per heavy atom. The fraction of sp³-hybridized carbons (Fsp3) is 0.667. The first-order valence-corrected chi connectivity index (χ1v) is 18.6. The molecule has 2 amide bonds. The monoisotopic (exact) mass is 734 g/mol. The predicted octanol–water partition coefficient (Wildman–Crippen LogP) is 1.37. The van der Waals surface area contributed by atoms with Gasteiger partial charge in [0.25, 0.3) is 5.91 Å². The number of carbonyl (C=O) groups is 2. The minimum Gasteiger partial charge on any atom is -0.394 e. The van der Waals surface area contributed by atoms with Gasteiger partial charge in [-0.05, 0) is 75.2 Å². The van der Waals surface area contributed by atoms with Crippen molar-refractivity contribution in [3.8, 4) is 0 Å². The van der Waals surface area contributed by atoms with Gasteiger partial charge < -0.3 is 52.3 Å². The summed E-state index contributed by atoms with van der Waals surface area (Å²) in [5.41, 5.74) is 13.9. The van der Waals surface area contributed by atoms with Crippen molar-refractivity contribution in [3.63, 3.8) is 0 Å². The number of nitrogens with two attached hydrogens (primary N) is 2. The number of halogens is 1. The van der Waals surface area contributed by atoms with Gasteiger partial charge in [-0.2, -0.15) is 0 Å². The zero-order chi connectivity index (χ0) is 37.3. The number of aromatic nitrogens is 2. The molecule has 286 valence electrons. The molecule has 4 unspecified atom stereocenters. The Morgan fingerprint density at radius 3 is 2.43 bits per heavy atom. The first kappa shape index (κ1) is 42.3. The van der Waals surface area contributed by atoms with E-state index in [4.69, 9.17) is 28.2 Å². The fourth-order valence-corrected chi connectivity index (χ4v) is 6.51. The molecule has 1 aromatic heterocycles. The summed E-state index contributed by atoms with van der Waals surface area (Å²) in [6, 6.07) is 8.18. The number of aliphatic hydroxyl groups is 4. The summed E-state index contributed by atoms with van der Waals surface area (Å²) in [4.78, 5) is 37.9. The number of rotatable bonds is 22. The number of benzene rings is 1. The van der Waals surface area contributed by atoms with Crippen LogP contribution < -0.4 is 22.1 Å². The molecule has 2 heterocycles. The number of nitrogen functional groups attached to an aromatic ring is 2. The summed E-state index contributed by atoms with van der Waals surface area (Å²) in [6.45, 7) is 7.96. The topological polar surface area (TPSA) is 223 Å². The van der Waals surface area contributed by atoms with Gasteiger partial charge in [0.2, 0.25) is 5.91 Å². The number of piperidine rings is 1. The standard InChI is InChI=1S/C36H59ClN8O6/c1-3-4-5-8-14-44(22-28(47)32(50)29(48)23-46)15-13-30(49)45-16-11-25(12-17-45)19-40-20-26(18-27-10-7-6-9-24(27)2)21-41-36(51)31-34(38)43-35(39)33(37)42-31/h6-7,9-10,25-26,28-29,32,40,46-48,50H,3-5,8,11-23H2,1-2H3,(H,41,51)(H4,38,39,43). The van der Waals surface area contributed by atoms with E-state index < -0.39 is 30.8 Å². The Balaban J connectivity index is 1.48. The summed E-state index contributed by atoms with van der Waals surface area (Å²) in [7, 11) is 0.